The number of hydrogen-bond acceptors (Lipinski definition) is 5. The van der Waals surface area contributed by atoms with Crippen LogP contribution in [0, 0.1) is 11.3 Å². The Morgan fingerprint density at radius 3 is 2.32 bits per heavy atom. The zero-order valence-corrected chi connectivity index (χ0v) is 17.0. The number of thioether (sulfide) groups is 1. The fourth-order valence-electron chi connectivity index (χ4n) is 3.03. The Bertz CT molecular complexity index is 964. The van der Waals surface area contributed by atoms with Crippen molar-refractivity contribution >= 4 is 27.7 Å². The van der Waals surface area contributed by atoms with Crippen molar-refractivity contribution in [3.63, 3.8) is 0 Å². The second kappa shape index (κ2) is 9.24. The highest BCUT2D eigenvalue weighted by Crippen LogP contribution is 2.22. The van der Waals surface area contributed by atoms with Crippen molar-refractivity contribution in [1.29, 1.82) is 5.26 Å². The molecule has 0 N–H and O–H groups in total. The average molecular weight is 416 g/mol. The van der Waals surface area contributed by atoms with Crippen LogP contribution in [-0.2, 0) is 14.8 Å². The van der Waals surface area contributed by atoms with E-state index >= 15 is 0 Å². The normalized spacial score (nSPS) is 15.2. The lowest BCUT2D eigenvalue weighted by Crippen LogP contribution is -2.50. The average Bonchev–Trinajstić information content (AvgIpc) is 2.74. The van der Waals surface area contributed by atoms with E-state index in [0.717, 1.165) is 4.90 Å². The van der Waals surface area contributed by atoms with E-state index in [-0.39, 0.29) is 29.5 Å². The van der Waals surface area contributed by atoms with Crippen LogP contribution in [0.15, 0.2) is 64.4 Å². The molecule has 0 unspecified atom stereocenters. The molecule has 2 aromatic rings. The van der Waals surface area contributed by atoms with E-state index in [1.807, 2.05) is 36.4 Å². The Labute approximate surface area is 169 Å². The SMILES string of the molecule is N#Cc1ccccc1S(=O)(=O)N1CCN(C(=O)CCSc2ccccc2)CC1. The number of nitrogens with zero attached hydrogens (tertiary/aromatic N) is 3. The molecular weight excluding hydrogens is 394 g/mol. The molecular formula is C20H21N3O3S2. The maximum absolute atomic E-state index is 12.8. The summed E-state index contributed by atoms with van der Waals surface area (Å²) in [5, 5.41) is 9.17. The number of benzene rings is 2. The number of carbonyl (C=O) groups is 1. The minimum atomic E-state index is -3.74. The molecule has 6 nitrogen and oxygen atoms in total. The van der Waals surface area contributed by atoms with Gasteiger partial charge >= 0.3 is 0 Å². The number of sulfonamides is 1. The van der Waals surface area contributed by atoms with E-state index in [0.29, 0.717) is 25.3 Å². The van der Waals surface area contributed by atoms with Gasteiger partial charge in [0.25, 0.3) is 0 Å². The molecule has 0 bridgehead atoms. The van der Waals surface area contributed by atoms with Gasteiger partial charge < -0.3 is 4.90 Å². The van der Waals surface area contributed by atoms with Crippen LogP contribution in [0.4, 0.5) is 0 Å². The van der Waals surface area contributed by atoms with Crippen LogP contribution < -0.4 is 0 Å². The lowest BCUT2D eigenvalue weighted by atomic mass is 10.2. The smallest absolute Gasteiger partial charge is 0.244 e. The molecule has 0 radical (unpaired) electrons. The highest BCUT2D eigenvalue weighted by atomic mass is 32.2. The van der Waals surface area contributed by atoms with Crippen LogP contribution in [0.2, 0.25) is 0 Å². The molecule has 146 valence electrons. The Kier molecular flexibility index (Phi) is 6.73. The number of nitriles is 1. The zero-order valence-electron chi connectivity index (χ0n) is 15.3. The van der Waals surface area contributed by atoms with Gasteiger partial charge in [-0.1, -0.05) is 30.3 Å². The van der Waals surface area contributed by atoms with E-state index in [1.54, 1.807) is 28.8 Å². The van der Waals surface area contributed by atoms with Crippen molar-refractivity contribution in [3.8, 4) is 6.07 Å². The van der Waals surface area contributed by atoms with Gasteiger partial charge in [-0.3, -0.25) is 4.79 Å². The first kappa shape index (κ1) is 20.4. The van der Waals surface area contributed by atoms with Crippen molar-refractivity contribution in [3.05, 3.63) is 60.2 Å². The zero-order chi connectivity index (χ0) is 20.0. The Morgan fingerprint density at radius 2 is 1.64 bits per heavy atom. The van der Waals surface area contributed by atoms with Gasteiger partial charge in [0.1, 0.15) is 6.07 Å². The molecule has 0 atom stereocenters. The van der Waals surface area contributed by atoms with E-state index in [4.69, 9.17) is 0 Å². The monoisotopic (exact) mass is 415 g/mol. The Morgan fingerprint density at radius 1 is 1.00 bits per heavy atom. The molecule has 8 heteroatoms. The van der Waals surface area contributed by atoms with Crippen LogP contribution in [0.5, 0.6) is 0 Å². The third kappa shape index (κ3) is 4.73. The number of hydrogen-bond donors (Lipinski definition) is 0. The third-order valence-electron chi connectivity index (χ3n) is 4.54. The Balaban J connectivity index is 1.54. The van der Waals surface area contributed by atoms with Crippen molar-refractivity contribution in [2.24, 2.45) is 0 Å². The fourth-order valence-corrected chi connectivity index (χ4v) is 5.46. The quantitative estimate of drug-likeness (QED) is 0.678. The van der Waals surface area contributed by atoms with Crippen molar-refractivity contribution in [2.75, 3.05) is 31.9 Å². The topological polar surface area (TPSA) is 81.5 Å². The summed E-state index contributed by atoms with van der Waals surface area (Å²) in [5.41, 5.74) is 0.138. The van der Waals surface area contributed by atoms with E-state index < -0.39 is 10.0 Å². The summed E-state index contributed by atoms with van der Waals surface area (Å²) in [7, 11) is -3.74. The lowest BCUT2D eigenvalue weighted by molar-refractivity contribution is -0.131. The predicted molar refractivity (Wildman–Crippen MR) is 108 cm³/mol. The van der Waals surface area contributed by atoms with Gasteiger partial charge in [0.2, 0.25) is 15.9 Å². The standard InChI is InChI=1S/C20H21N3O3S2/c21-16-17-6-4-5-9-19(17)28(25,26)23-13-11-22(12-14-23)20(24)10-15-27-18-7-2-1-3-8-18/h1-9H,10-15H2. The van der Waals surface area contributed by atoms with Crippen LogP contribution >= 0.6 is 11.8 Å². The Hall–Kier alpha value is -2.34. The molecule has 1 aliphatic heterocycles. The summed E-state index contributed by atoms with van der Waals surface area (Å²) in [4.78, 5) is 15.3. The van der Waals surface area contributed by atoms with Crippen LogP contribution in [0.25, 0.3) is 0 Å². The molecule has 28 heavy (non-hydrogen) atoms. The van der Waals surface area contributed by atoms with Crippen LogP contribution in [-0.4, -0.2) is 55.5 Å². The van der Waals surface area contributed by atoms with E-state index in [1.165, 1.54) is 16.4 Å². The van der Waals surface area contributed by atoms with Gasteiger partial charge in [-0.05, 0) is 24.3 Å². The number of piperazine rings is 1. The molecule has 0 saturated carbocycles. The molecule has 1 heterocycles. The molecule has 1 aliphatic rings. The second-order valence-electron chi connectivity index (χ2n) is 6.30. The van der Waals surface area contributed by atoms with Crippen molar-refractivity contribution < 1.29 is 13.2 Å². The minimum absolute atomic E-state index is 0.0246. The number of rotatable bonds is 6. The van der Waals surface area contributed by atoms with E-state index in [2.05, 4.69) is 0 Å². The number of carbonyl (C=O) groups excluding carboxylic acids is 1. The van der Waals surface area contributed by atoms with Crippen molar-refractivity contribution in [1.82, 2.24) is 9.21 Å². The van der Waals surface area contributed by atoms with E-state index in [9.17, 15) is 18.5 Å². The maximum Gasteiger partial charge on any atom is 0.244 e. The van der Waals surface area contributed by atoms with Crippen LogP contribution in [0.3, 0.4) is 0 Å². The lowest BCUT2D eigenvalue weighted by Gasteiger charge is -2.34. The maximum atomic E-state index is 12.8. The summed E-state index contributed by atoms with van der Waals surface area (Å²) in [5.74, 6) is 0.731. The molecule has 2 aromatic carbocycles. The summed E-state index contributed by atoms with van der Waals surface area (Å²) < 4.78 is 27.0. The molecule has 1 saturated heterocycles. The highest BCUT2D eigenvalue weighted by Gasteiger charge is 2.31. The fraction of sp³-hybridized carbons (Fsp3) is 0.300. The van der Waals surface area contributed by atoms with Gasteiger partial charge in [-0.15, -0.1) is 11.8 Å². The molecule has 0 aliphatic carbocycles. The van der Waals surface area contributed by atoms with Gasteiger partial charge in [0.15, 0.2) is 0 Å². The first-order chi connectivity index (χ1) is 13.5. The summed E-state index contributed by atoms with van der Waals surface area (Å²) in [6.45, 7) is 1.20. The minimum Gasteiger partial charge on any atom is -0.340 e. The molecule has 0 aromatic heterocycles. The van der Waals surface area contributed by atoms with Crippen LogP contribution in [0.1, 0.15) is 12.0 Å². The largest absolute Gasteiger partial charge is 0.340 e. The van der Waals surface area contributed by atoms with Gasteiger partial charge in [-0.25, -0.2) is 8.42 Å². The summed E-state index contributed by atoms with van der Waals surface area (Å²) in [6, 6.07) is 18.0. The van der Waals surface area contributed by atoms with Gasteiger partial charge in [-0.2, -0.15) is 9.57 Å². The highest BCUT2D eigenvalue weighted by molar-refractivity contribution is 7.99. The number of amides is 1. The summed E-state index contributed by atoms with van der Waals surface area (Å²) in [6.07, 6.45) is 0.420. The van der Waals surface area contributed by atoms with Crippen molar-refractivity contribution in [2.45, 2.75) is 16.2 Å². The predicted octanol–water partition coefficient (Wildman–Crippen LogP) is 2.57. The third-order valence-corrected chi connectivity index (χ3v) is 7.52. The molecule has 1 fully saturated rings. The van der Waals surface area contributed by atoms with Gasteiger partial charge in [0, 0.05) is 43.2 Å². The molecule has 3 rings (SSSR count). The first-order valence-corrected chi connectivity index (χ1v) is 11.4. The molecule has 0 spiro atoms. The first-order valence-electron chi connectivity index (χ1n) is 8.97. The summed E-state index contributed by atoms with van der Waals surface area (Å²) >= 11 is 1.63. The molecule has 1 amide bonds. The second-order valence-corrected chi connectivity index (χ2v) is 9.38. The van der Waals surface area contributed by atoms with Gasteiger partial charge in [0.05, 0.1) is 10.5 Å².